The molecule has 124 valence electrons. The summed E-state index contributed by atoms with van der Waals surface area (Å²) in [6.07, 6.45) is 2.59. The molecule has 1 amide bonds. The first kappa shape index (κ1) is 18.9. The SMILES string of the molecule is COCCNCCNC(=O)C1(c2cccc(F)c2)CCC1.Cl. The van der Waals surface area contributed by atoms with Gasteiger partial charge in [-0.1, -0.05) is 18.6 Å². The maximum absolute atomic E-state index is 13.4. The molecule has 0 aliphatic heterocycles. The first-order chi connectivity index (χ1) is 10.2. The van der Waals surface area contributed by atoms with E-state index in [9.17, 15) is 9.18 Å². The number of ether oxygens (including phenoxy) is 1. The van der Waals surface area contributed by atoms with Gasteiger partial charge in [0, 0.05) is 26.7 Å². The highest BCUT2D eigenvalue weighted by Crippen LogP contribution is 2.44. The normalized spacial score (nSPS) is 15.5. The number of hydrogen-bond acceptors (Lipinski definition) is 3. The summed E-state index contributed by atoms with van der Waals surface area (Å²) in [7, 11) is 1.66. The molecular formula is C16H24ClFN2O2. The molecule has 1 aliphatic carbocycles. The van der Waals surface area contributed by atoms with E-state index in [-0.39, 0.29) is 24.1 Å². The number of rotatable bonds is 8. The molecule has 4 nitrogen and oxygen atoms in total. The summed E-state index contributed by atoms with van der Waals surface area (Å²) in [5, 5.41) is 6.13. The number of hydrogen-bond donors (Lipinski definition) is 2. The lowest BCUT2D eigenvalue weighted by atomic mass is 9.64. The van der Waals surface area contributed by atoms with Crippen LogP contribution in [0.3, 0.4) is 0 Å². The molecule has 6 heteroatoms. The van der Waals surface area contributed by atoms with Crippen molar-refractivity contribution >= 4 is 18.3 Å². The maximum Gasteiger partial charge on any atom is 0.230 e. The van der Waals surface area contributed by atoms with E-state index < -0.39 is 5.41 Å². The number of nitrogens with one attached hydrogen (secondary N) is 2. The van der Waals surface area contributed by atoms with Crippen LogP contribution in [0.15, 0.2) is 24.3 Å². The number of carbonyl (C=O) groups excluding carboxylic acids is 1. The first-order valence-electron chi connectivity index (χ1n) is 7.43. The van der Waals surface area contributed by atoms with Gasteiger partial charge in [0.05, 0.1) is 12.0 Å². The van der Waals surface area contributed by atoms with Crippen LogP contribution in [0.2, 0.25) is 0 Å². The highest BCUT2D eigenvalue weighted by Gasteiger charge is 2.45. The Kier molecular flexibility index (Phi) is 7.79. The Hall–Kier alpha value is -1.17. The van der Waals surface area contributed by atoms with Gasteiger partial charge < -0.3 is 15.4 Å². The van der Waals surface area contributed by atoms with Crippen LogP contribution in [0.25, 0.3) is 0 Å². The van der Waals surface area contributed by atoms with Crippen LogP contribution >= 0.6 is 12.4 Å². The van der Waals surface area contributed by atoms with Crippen molar-refractivity contribution in [2.45, 2.75) is 24.7 Å². The van der Waals surface area contributed by atoms with Gasteiger partial charge in [-0.3, -0.25) is 4.79 Å². The molecule has 1 aromatic carbocycles. The predicted molar refractivity (Wildman–Crippen MR) is 86.9 cm³/mol. The molecular weight excluding hydrogens is 307 g/mol. The summed E-state index contributed by atoms with van der Waals surface area (Å²) in [5.41, 5.74) is 0.257. The highest BCUT2D eigenvalue weighted by molar-refractivity contribution is 5.89. The molecule has 0 unspecified atom stereocenters. The number of benzene rings is 1. The number of halogens is 2. The van der Waals surface area contributed by atoms with Gasteiger partial charge in [-0.05, 0) is 30.5 Å². The van der Waals surface area contributed by atoms with Gasteiger partial charge in [0.25, 0.3) is 0 Å². The third-order valence-electron chi connectivity index (χ3n) is 4.09. The number of amides is 1. The summed E-state index contributed by atoms with van der Waals surface area (Å²) in [5.74, 6) is -0.277. The zero-order valence-corrected chi connectivity index (χ0v) is 13.7. The van der Waals surface area contributed by atoms with E-state index in [0.29, 0.717) is 19.7 Å². The predicted octanol–water partition coefficient (Wildman–Crippen LogP) is 2.02. The highest BCUT2D eigenvalue weighted by atomic mass is 35.5. The van der Waals surface area contributed by atoms with Crippen molar-refractivity contribution in [3.63, 3.8) is 0 Å². The van der Waals surface area contributed by atoms with Gasteiger partial charge in [0.15, 0.2) is 0 Å². The zero-order chi connectivity index (χ0) is 15.1. The molecule has 1 fully saturated rings. The Morgan fingerprint density at radius 1 is 1.32 bits per heavy atom. The van der Waals surface area contributed by atoms with E-state index in [1.807, 2.05) is 6.07 Å². The first-order valence-corrected chi connectivity index (χ1v) is 7.43. The molecule has 0 heterocycles. The largest absolute Gasteiger partial charge is 0.383 e. The van der Waals surface area contributed by atoms with Crippen LogP contribution in [-0.4, -0.2) is 39.3 Å². The summed E-state index contributed by atoms with van der Waals surface area (Å²) >= 11 is 0. The molecule has 1 saturated carbocycles. The summed E-state index contributed by atoms with van der Waals surface area (Å²) in [4.78, 5) is 12.5. The molecule has 0 spiro atoms. The molecule has 0 radical (unpaired) electrons. The fourth-order valence-corrected chi connectivity index (χ4v) is 2.70. The van der Waals surface area contributed by atoms with Crippen LogP contribution in [0.1, 0.15) is 24.8 Å². The van der Waals surface area contributed by atoms with Crippen molar-refractivity contribution in [1.82, 2.24) is 10.6 Å². The van der Waals surface area contributed by atoms with Crippen molar-refractivity contribution in [1.29, 1.82) is 0 Å². The molecule has 0 bridgehead atoms. The number of carbonyl (C=O) groups is 1. The maximum atomic E-state index is 13.4. The molecule has 0 aromatic heterocycles. The molecule has 22 heavy (non-hydrogen) atoms. The number of methoxy groups -OCH3 is 1. The fourth-order valence-electron chi connectivity index (χ4n) is 2.70. The van der Waals surface area contributed by atoms with Gasteiger partial charge in [0.1, 0.15) is 5.82 Å². The van der Waals surface area contributed by atoms with Crippen molar-refractivity contribution in [2.24, 2.45) is 0 Å². The van der Waals surface area contributed by atoms with Gasteiger partial charge >= 0.3 is 0 Å². The zero-order valence-electron chi connectivity index (χ0n) is 12.9. The summed E-state index contributed by atoms with van der Waals surface area (Å²) in [6.45, 7) is 2.69. The quantitative estimate of drug-likeness (QED) is 0.717. The second-order valence-corrected chi connectivity index (χ2v) is 5.44. The minimum absolute atomic E-state index is 0. The Labute approximate surface area is 137 Å². The van der Waals surface area contributed by atoms with Crippen LogP contribution in [0.5, 0.6) is 0 Å². The minimum Gasteiger partial charge on any atom is -0.383 e. The average Bonchev–Trinajstić information content (AvgIpc) is 2.41. The Morgan fingerprint density at radius 3 is 2.68 bits per heavy atom. The lowest BCUT2D eigenvalue weighted by molar-refractivity contribution is -0.129. The fraction of sp³-hybridized carbons (Fsp3) is 0.562. The van der Waals surface area contributed by atoms with Crippen LogP contribution in [0, 0.1) is 5.82 Å². The van der Waals surface area contributed by atoms with E-state index >= 15 is 0 Å². The molecule has 2 N–H and O–H groups in total. The van der Waals surface area contributed by atoms with E-state index in [1.54, 1.807) is 13.2 Å². The summed E-state index contributed by atoms with van der Waals surface area (Å²) in [6, 6.07) is 6.41. The standard InChI is InChI=1S/C16H23FN2O2.ClH/c1-21-11-10-18-8-9-19-15(20)16(6-3-7-16)13-4-2-5-14(17)12-13;/h2,4-5,12,18H,3,6-11H2,1H3,(H,19,20);1H. The molecule has 0 saturated heterocycles. The van der Waals surface area contributed by atoms with E-state index in [4.69, 9.17) is 4.74 Å². The Bertz CT molecular complexity index is 481. The van der Waals surface area contributed by atoms with Crippen molar-refractivity contribution in [3.05, 3.63) is 35.6 Å². The van der Waals surface area contributed by atoms with E-state index in [0.717, 1.165) is 31.4 Å². The second kappa shape index (κ2) is 9.08. The van der Waals surface area contributed by atoms with Crippen molar-refractivity contribution < 1.29 is 13.9 Å². The van der Waals surface area contributed by atoms with E-state index in [1.165, 1.54) is 12.1 Å². The van der Waals surface area contributed by atoms with Gasteiger partial charge in [0.2, 0.25) is 5.91 Å². The van der Waals surface area contributed by atoms with Crippen LogP contribution in [0.4, 0.5) is 4.39 Å². The lowest BCUT2D eigenvalue weighted by Crippen LogP contribution is -2.50. The van der Waals surface area contributed by atoms with Crippen LogP contribution < -0.4 is 10.6 Å². The van der Waals surface area contributed by atoms with Crippen molar-refractivity contribution in [3.8, 4) is 0 Å². The van der Waals surface area contributed by atoms with Gasteiger partial charge in [-0.15, -0.1) is 12.4 Å². The van der Waals surface area contributed by atoms with Gasteiger partial charge in [-0.25, -0.2) is 4.39 Å². The third-order valence-corrected chi connectivity index (χ3v) is 4.09. The van der Waals surface area contributed by atoms with Gasteiger partial charge in [-0.2, -0.15) is 0 Å². The Morgan fingerprint density at radius 2 is 2.09 bits per heavy atom. The third kappa shape index (κ3) is 4.41. The second-order valence-electron chi connectivity index (χ2n) is 5.44. The van der Waals surface area contributed by atoms with Crippen molar-refractivity contribution in [2.75, 3.05) is 33.4 Å². The lowest BCUT2D eigenvalue weighted by Gasteiger charge is -2.40. The Balaban J connectivity index is 0.00000242. The average molecular weight is 331 g/mol. The topological polar surface area (TPSA) is 50.4 Å². The molecule has 1 aromatic rings. The smallest absolute Gasteiger partial charge is 0.230 e. The van der Waals surface area contributed by atoms with Crippen LogP contribution in [-0.2, 0) is 14.9 Å². The summed E-state index contributed by atoms with van der Waals surface area (Å²) < 4.78 is 18.3. The van der Waals surface area contributed by atoms with E-state index in [2.05, 4.69) is 10.6 Å². The minimum atomic E-state index is -0.533. The monoisotopic (exact) mass is 330 g/mol. The molecule has 2 rings (SSSR count). The molecule has 0 atom stereocenters. The molecule has 1 aliphatic rings.